The summed E-state index contributed by atoms with van der Waals surface area (Å²) in [6.45, 7) is 2.06. The van der Waals surface area contributed by atoms with Gasteiger partial charge in [0.2, 0.25) is 5.91 Å². The molecule has 2 unspecified atom stereocenters. The topological polar surface area (TPSA) is 103 Å². The van der Waals surface area contributed by atoms with E-state index in [1.807, 2.05) is 12.1 Å². The second-order valence-electron chi connectivity index (χ2n) is 8.86. The molecule has 3 fully saturated rings. The molecule has 9 nitrogen and oxygen atoms in total. The van der Waals surface area contributed by atoms with Crippen molar-refractivity contribution in [3.05, 3.63) is 52.0 Å². The largest absolute Gasteiger partial charge is 0.493 e. The Balaban J connectivity index is 1.38. The number of piperazine rings is 1. The average Bonchev–Trinajstić information content (AvgIpc) is 3.52. The Labute approximate surface area is 207 Å². The zero-order valence-electron chi connectivity index (χ0n) is 19.4. The van der Waals surface area contributed by atoms with Crippen LogP contribution in [-0.2, 0) is 16.0 Å². The number of nitriles is 1. The van der Waals surface area contributed by atoms with E-state index in [0.29, 0.717) is 35.7 Å². The van der Waals surface area contributed by atoms with Gasteiger partial charge in [0.1, 0.15) is 12.1 Å². The number of ether oxygens (including phenoxy) is 2. The van der Waals surface area contributed by atoms with Crippen LogP contribution in [0.5, 0.6) is 11.5 Å². The molecule has 3 aliphatic heterocycles. The molecule has 0 spiro atoms. The maximum Gasteiger partial charge on any atom is 0.332 e. The number of amides is 4. The lowest BCUT2D eigenvalue weighted by molar-refractivity contribution is -0.135. The first-order valence-electron chi connectivity index (χ1n) is 11.2. The van der Waals surface area contributed by atoms with Crippen LogP contribution in [0.1, 0.15) is 23.1 Å². The van der Waals surface area contributed by atoms with Crippen LogP contribution in [0.25, 0.3) is 0 Å². The van der Waals surface area contributed by atoms with Crippen LogP contribution in [0.2, 0.25) is 5.02 Å². The molecule has 2 aromatic rings. The molecular weight excluding hydrogens is 472 g/mol. The lowest BCUT2D eigenvalue weighted by Crippen LogP contribution is -2.55. The molecule has 0 aliphatic carbocycles. The van der Waals surface area contributed by atoms with Gasteiger partial charge in [-0.2, -0.15) is 5.26 Å². The minimum absolute atomic E-state index is 0.110. The number of benzene rings is 2. The van der Waals surface area contributed by atoms with E-state index < -0.39 is 12.1 Å². The number of imide groups is 1. The maximum absolute atomic E-state index is 13.5. The third kappa shape index (κ3) is 3.40. The Hall–Kier alpha value is -3.77. The van der Waals surface area contributed by atoms with Crippen molar-refractivity contribution in [3.8, 4) is 17.6 Å². The molecule has 3 aliphatic rings. The van der Waals surface area contributed by atoms with Gasteiger partial charge >= 0.3 is 6.03 Å². The Kier molecular flexibility index (Phi) is 5.56. The van der Waals surface area contributed by atoms with Crippen LogP contribution in [0.4, 0.5) is 10.5 Å². The zero-order chi connectivity index (χ0) is 25.0. The van der Waals surface area contributed by atoms with E-state index in [-0.39, 0.29) is 40.9 Å². The third-order valence-electron chi connectivity index (χ3n) is 7.11. The second kappa shape index (κ2) is 8.47. The lowest BCUT2D eigenvalue weighted by atomic mass is 10.1. The summed E-state index contributed by atoms with van der Waals surface area (Å²) in [6.07, 6.45) is 0.716. The highest BCUT2D eigenvalue weighted by atomic mass is 35.5. The van der Waals surface area contributed by atoms with Crippen molar-refractivity contribution < 1.29 is 23.9 Å². The highest BCUT2D eigenvalue weighted by Gasteiger charge is 2.62. The lowest BCUT2D eigenvalue weighted by Gasteiger charge is -2.35. The van der Waals surface area contributed by atoms with E-state index in [1.165, 1.54) is 13.2 Å². The number of carbonyl (C=O) groups excluding carboxylic acids is 3. The number of anilines is 1. The summed E-state index contributed by atoms with van der Waals surface area (Å²) in [5.74, 6) is 0.624. The number of hydrogen-bond acceptors (Lipinski definition) is 6. The van der Waals surface area contributed by atoms with Crippen LogP contribution in [0.15, 0.2) is 30.3 Å². The van der Waals surface area contributed by atoms with Crippen LogP contribution >= 0.6 is 11.6 Å². The summed E-state index contributed by atoms with van der Waals surface area (Å²) in [4.78, 5) is 44.5. The number of likely N-dealkylation sites (tertiary alicyclic amines) is 1. The monoisotopic (exact) mass is 494 g/mol. The normalized spacial score (nSPS) is 22.5. The fraction of sp³-hybridized carbons (Fsp3) is 0.360. The molecule has 0 aromatic heterocycles. The Bertz CT molecular complexity index is 1310. The SMILES string of the molecule is COc1ccc(CC(=O)N2C[C@H]3CC2C2C(=O)N(c4ccc(C#N)c(Cl)c4C)C(=O)N23)cc1OC. The highest BCUT2D eigenvalue weighted by Crippen LogP contribution is 2.44. The predicted molar refractivity (Wildman–Crippen MR) is 127 cm³/mol. The quantitative estimate of drug-likeness (QED) is 0.592. The molecule has 0 N–H and O–H groups in total. The van der Waals surface area contributed by atoms with Gasteiger partial charge < -0.3 is 19.3 Å². The number of halogens is 1. The van der Waals surface area contributed by atoms with Crippen molar-refractivity contribution in [1.29, 1.82) is 5.26 Å². The summed E-state index contributed by atoms with van der Waals surface area (Å²) in [6, 6.07) is 8.64. The van der Waals surface area contributed by atoms with Crippen molar-refractivity contribution in [2.24, 2.45) is 0 Å². The van der Waals surface area contributed by atoms with Crippen molar-refractivity contribution in [2.45, 2.75) is 37.9 Å². The summed E-state index contributed by atoms with van der Waals surface area (Å²) in [7, 11) is 3.08. The van der Waals surface area contributed by atoms with Crippen LogP contribution < -0.4 is 14.4 Å². The minimum Gasteiger partial charge on any atom is -0.493 e. The summed E-state index contributed by atoms with van der Waals surface area (Å²) in [5, 5.41) is 9.43. The van der Waals surface area contributed by atoms with Crippen molar-refractivity contribution in [2.75, 3.05) is 25.7 Å². The standard InChI is InChI=1S/C25H23ClN4O5/c1-13-17(6-5-15(11-27)22(13)26)30-24(32)23-18-10-16(29(23)25(30)33)12-28(18)21(31)9-14-4-7-19(34-2)20(8-14)35-3/h4-8,16,18,23H,9-10,12H2,1-3H3/t16-,18?,23?/m1/s1. The number of carbonyl (C=O) groups is 3. The molecule has 0 saturated carbocycles. The summed E-state index contributed by atoms with van der Waals surface area (Å²) in [5.41, 5.74) is 1.90. The van der Waals surface area contributed by atoms with E-state index in [2.05, 4.69) is 0 Å². The molecule has 2 aromatic carbocycles. The first-order chi connectivity index (χ1) is 16.8. The number of rotatable bonds is 5. The first-order valence-corrected chi connectivity index (χ1v) is 11.5. The molecule has 4 amide bonds. The molecule has 5 rings (SSSR count). The fourth-order valence-electron chi connectivity index (χ4n) is 5.44. The number of hydrogen-bond donors (Lipinski definition) is 0. The Morgan fingerprint density at radius 1 is 1.17 bits per heavy atom. The van der Waals surface area contributed by atoms with E-state index >= 15 is 0 Å². The maximum atomic E-state index is 13.5. The van der Waals surface area contributed by atoms with Gasteiger partial charge in [-0.1, -0.05) is 17.7 Å². The van der Waals surface area contributed by atoms with E-state index in [4.69, 9.17) is 21.1 Å². The number of methoxy groups -OCH3 is 2. The van der Waals surface area contributed by atoms with Gasteiger partial charge in [0.15, 0.2) is 11.5 Å². The fourth-order valence-corrected chi connectivity index (χ4v) is 5.64. The molecule has 10 heteroatoms. The van der Waals surface area contributed by atoms with Crippen molar-refractivity contribution >= 4 is 35.1 Å². The molecule has 180 valence electrons. The Morgan fingerprint density at radius 2 is 1.91 bits per heavy atom. The minimum atomic E-state index is -0.732. The molecule has 0 radical (unpaired) electrons. The molecule has 3 heterocycles. The Morgan fingerprint density at radius 3 is 2.60 bits per heavy atom. The van der Waals surface area contributed by atoms with Crippen LogP contribution in [0.3, 0.4) is 0 Å². The second-order valence-corrected chi connectivity index (χ2v) is 9.24. The van der Waals surface area contributed by atoms with Gasteiger partial charge in [-0.15, -0.1) is 0 Å². The van der Waals surface area contributed by atoms with E-state index in [0.717, 1.165) is 10.5 Å². The third-order valence-corrected chi connectivity index (χ3v) is 7.59. The molecule has 3 saturated heterocycles. The average molecular weight is 495 g/mol. The summed E-state index contributed by atoms with van der Waals surface area (Å²) < 4.78 is 10.6. The molecule has 2 bridgehead atoms. The van der Waals surface area contributed by atoms with Crippen LogP contribution in [0, 0.1) is 18.3 Å². The van der Waals surface area contributed by atoms with E-state index in [1.54, 1.807) is 42.0 Å². The van der Waals surface area contributed by atoms with Gasteiger partial charge in [-0.3, -0.25) is 9.59 Å². The van der Waals surface area contributed by atoms with E-state index in [9.17, 15) is 19.6 Å². The number of fused-ring (bicyclic) bond motifs is 5. The van der Waals surface area contributed by atoms with Gasteiger partial charge in [-0.05, 0) is 48.7 Å². The zero-order valence-corrected chi connectivity index (χ0v) is 20.2. The first kappa shape index (κ1) is 23.0. The van der Waals surface area contributed by atoms with Gasteiger partial charge in [0.05, 0.1) is 49.0 Å². The van der Waals surface area contributed by atoms with Crippen LogP contribution in [-0.4, -0.2) is 66.5 Å². The van der Waals surface area contributed by atoms with Gasteiger partial charge in [-0.25, -0.2) is 9.69 Å². The molecular formula is C25H23ClN4O5. The predicted octanol–water partition coefficient (Wildman–Crippen LogP) is 2.90. The highest BCUT2D eigenvalue weighted by molar-refractivity contribution is 6.33. The van der Waals surface area contributed by atoms with Gasteiger partial charge in [0.25, 0.3) is 5.91 Å². The smallest absolute Gasteiger partial charge is 0.332 e. The molecule has 35 heavy (non-hydrogen) atoms. The van der Waals surface area contributed by atoms with Gasteiger partial charge in [0, 0.05) is 6.54 Å². The van der Waals surface area contributed by atoms with Crippen molar-refractivity contribution in [1.82, 2.24) is 9.80 Å². The number of urea groups is 1. The number of nitrogens with zero attached hydrogens (tertiary/aromatic N) is 4. The molecule has 3 atom stereocenters. The summed E-state index contributed by atoms with van der Waals surface area (Å²) >= 11 is 6.29. The van der Waals surface area contributed by atoms with Crippen molar-refractivity contribution in [3.63, 3.8) is 0 Å².